The Balaban J connectivity index is 2.99. The Bertz CT molecular complexity index is 74.8. The topological polar surface area (TPSA) is 33.1 Å². The lowest BCUT2D eigenvalue weighted by molar-refractivity contribution is 0.397. The zero-order valence-corrected chi connectivity index (χ0v) is 6.05. The zero-order chi connectivity index (χ0) is 6.41. The van der Waals surface area contributed by atoms with Crippen LogP contribution in [0.25, 0.3) is 0 Å². The van der Waals surface area contributed by atoms with Gasteiger partial charge in [0.1, 0.15) is 0 Å². The van der Waals surface area contributed by atoms with Gasteiger partial charge in [0.05, 0.1) is 12.9 Å². The highest BCUT2D eigenvalue weighted by Gasteiger charge is 1.90. The average molecular weight is 133 g/mol. The predicted octanol–water partition coefficient (Wildman–Crippen LogP) is 1.36. The summed E-state index contributed by atoms with van der Waals surface area (Å²) >= 11 is 1.69. The van der Waals surface area contributed by atoms with Crippen molar-refractivity contribution in [2.45, 2.75) is 6.92 Å². The van der Waals surface area contributed by atoms with E-state index in [1.807, 2.05) is 0 Å². The van der Waals surface area contributed by atoms with Crippen LogP contribution in [0.15, 0.2) is 0 Å². The summed E-state index contributed by atoms with van der Waals surface area (Å²) in [6.45, 7) is 2.06. The van der Waals surface area contributed by atoms with Crippen molar-refractivity contribution in [2.24, 2.45) is 0 Å². The van der Waals surface area contributed by atoms with Crippen molar-refractivity contribution in [1.29, 1.82) is 5.41 Å². The summed E-state index contributed by atoms with van der Waals surface area (Å²) in [7, 11) is 1.53. The van der Waals surface area contributed by atoms with E-state index >= 15 is 0 Å². The first-order valence-electron chi connectivity index (χ1n) is 2.50. The highest BCUT2D eigenvalue weighted by Crippen LogP contribution is 1.97. The molecule has 0 fully saturated rings. The third-order valence-electron chi connectivity index (χ3n) is 0.684. The van der Waals surface area contributed by atoms with Gasteiger partial charge in [-0.05, 0) is 5.75 Å². The number of hydrogen-bond donors (Lipinski definition) is 1. The van der Waals surface area contributed by atoms with Crippen LogP contribution in [0.1, 0.15) is 6.92 Å². The minimum Gasteiger partial charge on any atom is -0.484 e. The summed E-state index contributed by atoms with van der Waals surface area (Å²) in [5.41, 5.74) is 0. The molecule has 0 amide bonds. The molecule has 0 saturated carbocycles. The highest BCUT2D eigenvalue weighted by atomic mass is 32.2. The molecule has 0 unspecified atom stereocenters. The van der Waals surface area contributed by atoms with E-state index in [-0.39, 0.29) is 0 Å². The molecule has 0 bridgehead atoms. The van der Waals surface area contributed by atoms with E-state index in [1.165, 1.54) is 7.11 Å². The van der Waals surface area contributed by atoms with Gasteiger partial charge in [-0.15, -0.1) is 0 Å². The molecule has 0 atom stereocenters. The van der Waals surface area contributed by atoms with Gasteiger partial charge < -0.3 is 4.74 Å². The van der Waals surface area contributed by atoms with Crippen molar-refractivity contribution in [3.8, 4) is 0 Å². The molecule has 0 aromatic heterocycles. The molecule has 0 aromatic carbocycles. The van der Waals surface area contributed by atoms with Crippen molar-refractivity contribution >= 4 is 17.7 Å². The van der Waals surface area contributed by atoms with Crippen LogP contribution in [0.3, 0.4) is 0 Å². The largest absolute Gasteiger partial charge is 0.484 e. The quantitative estimate of drug-likeness (QED) is 0.466. The van der Waals surface area contributed by atoms with Gasteiger partial charge in [-0.25, -0.2) is 0 Å². The molecule has 0 rings (SSSR count). The molecule has 0 heterocycles. The summed E-state index contributed by atoms with van der Waals surface area (Å²) in [5.74, 6) is 2.11. The van der Waals surface area contributed by atoms with E-state index in [4.69, 9.17) is 5.41 Å². The van der Waals surface area contributed by atoms with Gasteiger partial charge in [-0.2, -0.15) is 11.8 Å². The van der Waals surface area contributed by atoms with Gasteiger partial charge in [0.25, 0.3) is 0 Å². The minimum atomic E-state index is 0.358. The Morgan fingerprint density at radius 2 is 2.38 bits per heavy atom. The minimum absolute atomic E-state index is 0.358. The van der Waals surface area contributed by atoms with Gasteiger partial charge in [0.15, 0.2) is 5.90 Å². The maximum Gasteiger partial charge on any atom is 0.190 e. The molecular formula is C5H11NOS. The van der Waals surface area contributed by atoms with Crippen LogP contribution >= 0.6 is 11.8 Å². The van der Waals surface area contributed by atoms with Crippen LogP contribution in [0.4, 0.5) is 0 Å². The third-order valence-corrected chi connectivity index (χ3v) is 1.56. The van der Waals surface area contributed by atoms with E-state index in [0.29, 0.717) is 11.7 Å². The normalized spacial score (nSPS) is 8.75. The Morgan fingerprint density at radius 1 is 1.75 bits per heavy atom. The molecule has 0 spiro atoms. The van der Waals surface area contributed by atoms with Crippen molar-refractivity contribution in [2.75, 3.05) is 18.6 Å². The maximum absolute atomic E-state index is 7.00. The summed E-state index contributed by atoms with van der Waals surface area (Å²) in [6.07, 6.45) is 0. The SMILES string of the molecule is CCSCC(=N)OC. The van der Waals surface area contributed by atoms with Crippen LogP contribution in [0, 0.1) is 5.41 Å². The number of thioether (sulfide) groups is 1. The lowest BCUT2D eigenvalue weighted by Gasteiger charge is -1.97. The van der Waals surface area contributed by atoms with Crippen LogP contribution < -0.4 is 0 Å². The molecule has 0 radical (unpaired) electrons. The average Bonchev–Trinajstić information content (AvgIpc) is 1.83. The van der Waals surface area contributed by atoms with Crippen molar-refractivity contribution < 1.29 is 4.74 Å². The summed E-state index contributed by atoms with van der Waals surface area (Å²) in [4.78, 5) is 0. The molecule has 8 heavy (non-hydrogen) atoms. The summed E-state index contributed by atoms with van der Waals surface area (Å²) in [6, 6.07) is 0. The Morgan fingerprint density at radius 3 is 2.75 bits per heavy atom. The third kappa shape index (κ3) is 3.99. The number of rotatable bonds is 3. The van der Waals surface area contributed by atoms with Crippen LogP contribution in [-0.4, -0.2) is 24.5 Å². The molecule has 48 valence electrons. The predicted molar refractivity (Wildman–Crippen MR) is 37.7 cm³/mol. The second kappa shape index (κ2) is 4.97. The van der Waals surface area contributed by atoms with Crippen LogP contribution in [0.2, 0.25) is 0 Å². The molecule has 3 heteroatoms. The van der Waals surface area contributed by atoms with Gasteiger partial charge >= 0.3 is 0 Å². The van der Waals surface area contributed by atoms with Gasteiger partial charge in [-0.3, -0.25) is 5.41 Å². The van der Waals surface area contributed by atoms with Crippen molar-refractivity contribution in [1.82, 2.24) is 0 Å². The number of methoxy groups -OCH3 is 1. The van der Waals surface area contributed by atoms with Crippen LogP contribution in [-0.2, 0) is 4.74 Å². The molecule has 1 N–H and O–H groups in total. The van der Waals surface area contributed by atoms with Gasteiger partial charge in [0.2, 0.25) is 0 Å². The van der Waals surface area contributed by atoms with E-state index in [9.17, 15) is 0 Å². The standard InChI is InChI=1S/C5H11NOS/c1-3-8-4-5(6)7-2/h6H,3-4H2,1-2H3. The highest BCUT2D eigenvalue weighted by molar-refractivity contribution is 7.99. The smallest absolute Gasteiger partial charge is 0.190 e. The van der Waals surface area contributed by atoms with E-state index in [0.717, 1.165) is 5.75 Å². The Labute approximate surface area is 54.1 Å². The van der Waals surface area contributed by atoms with Crippen molar-refractivity contribution in [3.05, 3.63) is 0 Å². The first kappa shape index (κ1) is 7.82. The molecule has 0 aliphatic rings. The first-order chi connectivity index (χ1) is 3.81. The fourth-order valence-electron chi connectivity index (χ4n) is 0.254. The Hall–Kier alpha value is -0.180. The van der Waals surface area contributed by atoms with Crippen LogP contribution in [0.5, 0.6) is 0 Å². The van der Waals surface area contributed by atoms with Gasteiger partial charge in [0, 0.05) is 0 Å². The number of nitrogens with one attached hydrogen (secondary N) is 1. The molecular weight excluding hydrogens is 122 g/mol. The summed E-state index contributed by atoms with van der Waals surface area (Å²) in [5, 5.41) is 7.00. The number of hydrogen-bond acceptors (Lipinski definition) is 3. The van der Waals surface area contributed by atoms with E-state index in [2.05, 4.69) is 11.7 Å². The molecule has 0 saturated heterocycles. The number of ether oxygens (including phenoxy) is 1. The molecule has 0 aliphatic heterocycles. The second-order valence-corrected chi connectivity index (χ2v) is 2.54. The monoisotopic (exact) mass is 133 g/mol. The molecule has 0 aliphatic carbocycles. The fraction of sp³-hybridized carbons (Fsp3) is 0.800. The Kier molecular flexibility index (Phi) is 4.85. The van der Waals surface area contributed by atoms with E-state index < -0.39 is 0 Å². The van der Waals surface area contributed by atoms with E-state index in [1.54, 1.807) is 11.8 Å². The lowest BCUT2D eigenvalue weighted by atomic mass is 10.8. The lowest BCUT2D eigenvalue weighted by Crippen LogP contribution is -2.01. The molecule has 2 nitrogen and oxygen atoms in total. The van der Waals surface area contributed by atoms with Crippen molar-refractivity contribution in [3.63, 3.8) is 0 Å². The second-order valence-electron chi connectivity index (χ2n) is 1.26. The fourth-order valence-corrected chi connectivity index (χ4v) is 0.761. The van der Waals surface area contributed by atoms with Gasteiger partial charge in [-0.1, -0.05) is 6.92 Å². The maximum atomic E-state index is 7.00. The molecule has 0 aromatic rings. The summed E-state index contributed by atoms with van der Waals surface area (Å²) < 4.78 is 4.61. The zero-order valence-electron chi connectivity index (χ0n) is 5.23. The first-order valence-corrected chi connectivity index (χ1v) is 3.66.